The molecule has 1 heterocycles. The number of carbonyl (C=O) groups excluding carboxylic acids is 2. The van der Waals surface area contributed by atoms with E-state index in [4.69, 9.17) is 23.2 Å². The van der Waals surface area contributed by atoms with E-state index in [1.165, 1.54) is 4.90 Å². The molecule has 15 heavy (non-hydrogen) atoms. The summed E-state index contributed by atoms with van der Waals surface area (Å²) in [5, 5.41) is 0. The largest absolute Gasteiger partial charge is 0.339 e. The van der Waals surface area contributed by atoms with E-state index in [2.05, 4.69) is 6.58 Å². The molecule has 5 heteroatoms. The van der Waals surface area contributed by atoms with Crippen LogP contribution in [0.5, 0.6) is 0 Å². The van der Waals surface area contributed by atoms with Crippen molar-refractivity contribution in [2.45, 2.75) is 24.6 Å². The van der Waals surface area contributed by atoms with Gasteiger partial charge in [0.2, 0.25) is 0 Å². The van der Waals surface area contributed by atoms with Crippen molar-refractivity contribution in [1.29, 1.82) is 0 Å². The van der Waals surface area contributed by atoms with E-state index in [1.807, 2.05) is 6.92 Å². The van der Waals surface area contributed by atoms with E-state index >= 15 is 0 Å². The van der Waals surface area contributed by atoms with Crippen LogP contribution in [0.2, 0.25) is 0 Å². The fraction of sp³-hybridized carbons (Fsp3) is 0.600. The Hall–Kier alpha value is -0.540. The van der Waals surface area contributed by atoms with Gasteiger partial charge in [-0.25, -0.2) is 0 Å². The first kappa shape index (κ1) is 14.5. The molecule has 0 atom stereocenters. The van der Waals surface area contributed by atoms with Gasteiger partial charge in [0.1, 0.15) is 5.78 Å². The second kappa shape index (κ2) is 7.71. The third-order valence-electron chi connectivity index (χ3n) is 1.82. The van der Waals surface area contributed by atoms with Crippen molar-refractivity contribution in [3.05, 3.63) is 12.7 Å². The van der Waals surface area contributed by atoms with Gasteiger partial charge in [0.05, 0.1) is 0 Å². The number of nitrogens with zero attached hydrogens (tertiary/aromatic N) is 1. The topological polar surface area (TPSA) is 37.4 Å². The Morgan fingerprint density at radius 3 is 2.20 bits per heavy atom. The average molecular weight is 252 g/mol. The van der Waals surface area contributed by atoms with Crippen LogP contribution in [-0.4, -0.2) is 34.5 Å². The second-order valence-corrected chi connectivity index (χ2v) is 4.17. The van der Waals surface area contributed by atoms with Crippen LogP contribution in [0.4, 0.5) is 0 Å². The van der Waals surface area contributed by atoms with Gasteiger partial charge < -0.3 is 4.90 Å². The quantitative estimate of drug-likeness (QED) is 0.529. The smallest absolute Gasteiger partial charge is 0.255 e. The summed E-state index contributed by atoms with van der Waals surface area (Å²) < 4.78 is 0. The molecule has 1 amide bonds. The highest BCUT2D eigenvalue weighted by molar-refractivity contribution is 6.53. The molecule has 1 fully saturated rings. The Kier molecular flexibility index (Phi) is 7.44. The number of halogens is 2. The third-order valence-corrected chi connectivity index (χ3v) is 2.19. The highest BCUT2D eigenvalue weighted by Crippen LogP contribution is 2.12. The summed E-state index contributed by atoms with van der Waals surface area (Å²) in [6, 6.07) is 0. The first-order valence-electron chi connectivity index (χ1n) is 4.68. The SMILES string of the molecule is C=CC.O=C1CCN(C(=O)C(Cl)Cl)CC1. The van der Waals surface area contributed by atoms with Gasteiger partial charge in [0, 0.05) is 25.9 Å². The summed E-state index contributed by atoms with van der Waals surface area (Å²) in [6.07, 6.45) is 2.60. The molecule has 1 aliphatic heterocycles. The molecule has 1 rings (SSSR count). The Labute approximate surface area is 100 Å². The summed E-state index contributed by atoms with van der Waals surface area (Å²) in [5.74, 6) is -0.106. The van der Waals surface area contributed by atoms with Crippen LogP contribution < -0.4 is 0 Å². The van der Waals surface area contributed by atoms with E-state index in [9.17, 15) is 9.59 Å². The lowest BCUT2D eigenvalue weighted by Gasteiger charge is -2.26. The van der Waals surface area contributed by atoms with Crippen molar-refractivity contribution in [3.63, 3.8) is 0 Å². The maximum absolute atomic E-state index is 11.2. The van der Waals surface area contributed by atoms with Gasteiger partial charge in [-0.2, -0.15) is 0 Å². The Bertz CT molecular complexity index is 232. The molecule has 0 unspecified atom stereocenters. The van der Waals surface area contributed by atoms with Crippen molar-refractivity contribution >= 4 is 34.9 Å². The maximum atomic E-state index is 11.2. The van der Waals surface area contributed by atoms with Gasteiger partial charge >= 0.3 is 0 Å². The maximum Gasteiger partial charge on any atom is 0.255 e. The number of ketones is 1. The van der Waals surface area contributed by atoms with E-state index in [-0.39, 0.29) is 11.7 Å². The monoisotopic (exact) mass is 251 g/mol. The number of hydrogen-bond donors (Lipinski definition) is 0. The van der Waals surface area contributed by atoms with Crippen LogP contribution in [0.1, 0.15) is 19.8 Å². The van der Waals surface area contributed by atoms with Gasteiger partial charge in [0.15, 0.2) is 4.84 Å². The minimum Gasteiger partial charge on any atom is -0.339 e. The number of rotatable bonds is 1. The van der Waals surface area contributed by atoms with Crippen LogP contribution >= 0.6 is 23.2 Å². The summed E-state index contributed by atoms with van der Waals surface area (Å²) in [4.78, 5) is 22.5. The van der Waals surface area contributed by atoms with Crippen LogP contribution in [0, 0.1) is 0 Å². The highest BCUT2D eigenvalue weighted by Gasteiger charge is 2.24. The minimum atomic E-state index is -1.00. The molecule has 0 radical (unpaired) electrons. The normalized spacial score (nSPS) is 15.7. The lowest BCUT2D eigenvalue weighted by Crippen LogP contribution is -2.41. The first-order chi connectivity index (χ1) is 7.02. The molecule has 0 spiro atoms. The number of carbonyl (C=O) groups is 2. The lowest BCUT2D eigenvalue weighted by atomic mass is 10.1. The molecule has 1 aliphatic rings. The van der Waals surface area contributed by atoms with Gasteiger partial charge in [-0.3, -0.25) is 9.59 Å². The van der Waals surface area contributed by atoms with Crippen molar-refractivity contribution in [1.82, 2.24) is 4.90 Å². The summed E-state index contributed by atoms with van der Waals surface area (Å²) in [6.45, 7) is 6.15. The fourth-order valence-electron chi connectivity index (χ4n) is 1.11. The molecule has 0 aromatic heterocycles. The Morgan fingerprint density at radius 1 is 1.47 bits per heavy atom. The lowest BCUT2D eigenvalue weighted by molar-refractivity contribution is -0.132. The number of hydrogen-bond acceptors (Lipinski definition) is 2. The van der Waals surface area contributed by atoms with Crippen molar-refractivity contribution in [2.75, 3.05) is 13.1 Å². The molecular weight excluding hydrogens is 237 g/mol. The molecule has 3 nitrogen and oxygen atoms in total. The molecule has 0 aromatic carbocycles. The number of alkyl halides is 2. The molecular formula is C10H15Cl2NO2. The van der Waals surface area contributed by atoms with Crippen molar-refractivity contribution in [3.8, 4) is 0 Å². The first-order valence-corrected chi connectivity index (χ1v) is 5.55. The number of allylic oxidation sites excluding steroid dienone is 1. The molecule has 86 valence electrons. The van der Waals surface area contributed by atoms with Crippen LogP contribution in [-0.2, 0) is 9.59 Å². The Balaban J connectivity index is 0.000000583. The van der Waals surface area contributed by atoms with Gasteiger partial charge in [-0.05, 0) is 6.92 Å². The summed E-state index contributed by atoms with van der Waals surface area (Å²) in [7, 11) is 0. The van der Waals surface area contributed by atoms with Gasteiger partial charge in [-0.1, -0.05) is 29.3 Å². The molecule has 0 aromatic rings. The van der Waals surface area contributed by atoms with Gasteiger partial charge in [-0.15, -0.1) is 6.58 Å². The summed E-state index contributed by atoms with van der Waals surface area (Å²) >= 11 is 10.8. The molecule has 0 aliphatic carbocycles. The third kappa shape index (κ3) is 5.80. The van der Waals surface area contributed by atoms with E-state index in [0.717, 1.165) is 0 Å². The van der Waals surface area contributed by atoms with E-state index < -0.39 is 4.84 Å². The fourth-order valence-corrected chi connectivity index (χ4v) is 1.39. The zero-order chi connectivity index (χ0) is 11.8. The number of amides is 1. The average Bonchev–Trinajstić information content (AvgIpc) is 2.19. The van der Waals surface area contributed by atoms with E-state index in [1.54, 1.807) is 6.08 Å². The Morgan fingerprint density at radius 2 is 1.87 bits per heavy atom. The molecule has 0 N–H and O–H groups in total. The summed E-state index contributed by atoms with van der Waals surface area (Å²) in [5.41, 5.74) is 0. The van der Waals surface area contributed by atoms with Crippen LogP contribution in [0.25, 0.3) is 0 Å². The van der Waals surface area contributed by atoms with Crippen molar-refractivity contribution < 1.29 is 9.59 Å². The minimum absolute atomic E-state index is 0.194. The highest BCUT2D eigenvalue weighted by atomic mass is 35.5. The number of likely N-dealkylation sites (tertiary alicyclic amines) is 1. The molecule has 1 saturated heterocycles. The van der Waals surface area contributed by atoms with Crippen molar-refractivity contribution in [2.24, 2.45) is 0 Å². The predicted molar refractivity (Wildman–Crippen MR) is 62.2 cm³/mol. The molecule has 0 bridgehead atoms. The zero-order valence-electron chi connectivity index (χ0n) is 8.71. The van der Waals surface area contributed by atoms with Gasteiger partial charge in [0.25, 0.3) is 5.91 Å². The van der Waals surface area contributed by atoms with Crippen LogP contribution in [0.3, 0.4) is 0 Å². The standard InChI is InChI=1S/C7H9Cl2NO2.C3H6/c8-6(9)7(12)10-3-1-5(11)2-4-10;1-3-2/h6H,1-4H2;3H,1H2,2H3. The zero-order valence-corrected chi connectivity index (χ0v) is 10.2. The number of piperidine rings is 1. The second-order valence-electron chi connectivity index (χ2n) is 3.07. The number of Topliss-reactive ketones (excluding diaryl/α,β-unsaturated/α-hetero) is 1. The predicted octanol–water partition coefficient (Wildman–Crippen LogP) is 2.17. The van der Waals surface area contributed by atoms with Crippen LogP contribution in [0.15, 0.2) is 12.7 Å². The molecule has 0 saturated carbocycles. The van der Waals surface area contributed by atoms with E-state index in [0.29, 0.717) is 25.9 Å².